The Bertz CT molecular complexity index is 817. The Balaban J connectivity index is 0.000000254. The van der Waals surface area contributed by atoms with E-state index in [2.05, 4.69) is 4.98 Å². The number of hydrogen-bond donors (Lipinski definition) is 2. The zero-order valence-corrected chi connectivity index (χ0v) is 11.9. The van der Waals surface area contributed by atoms with Crippen molar-refractivity contribution in [3.05, 3.63) is 59.9 Å². The van der Waals surface area contributed by atoms with Crippen LogP contribution in [0.25, 0.3) is 16.9 Å². The molecule has 0 radical (unpaired) electrons. The van der Waals surface area contributed by atoms with Gasteiger partial charge in [-0.3, -0.25) is 4.40 Å². The first-order valence-electron chi connectivity index (χ1n) is 6.14. The maximum absolute atomic E-state index is 9.10. The van der Waals surface area contributed by atoms with Gasteiger partial charge < -0.3 is 10.2 Å². The summed E-state index contributed by atoms with van der Waals surface area (Å²) in [7, 11) is 0. The Morgan fingerprint density at radius 2 is 1.64 bits per heavy atom. The van der Waals surface area contributed by atoms with Crippen molar-refractivity contribution >= 4 is 29.1 Å². The average molecular weight is 319 g/mol. The maximum Gasteiger partial charge on any atom is 0.414 e. The molecule has 0 saturated carbocycles. The SMILES string of the molecule is Clc1ccccc1-c1ncc2ccccn12.O=C(O)C(=O)O. The van der Waals surface area contributed by atoms with Gasteiger partial charge in [0, 0.05) is 11.8 Å². The van der Waals surface area contributed by atoms with Crippen molar-refractivity contribution in [2.45, 2.75) is 0 Å². The number of carboxylic acid groups (broad SMARTS) is 2. The Morgan fingerprint density at radius 3 is 2.27 bits per heavy atom. The van der Waals surface area contributed by atoms with Crippen LogP contribution in [0.1, 0.15) is 0 Å². The van der Waals surface area contributed by atoms with Crippen molar-refractivity contribution in [2.24, 2.45) is 0 Å². The highest BCUT2D eigenvalue weighted by Gasteiger charge is 2.08. The van der Waals surface area contributed by atoms with Crippen LogP contribution in [0.4, 0.5) is 0 Å². The molecule has 3 rings (SSSR count). The number of aromatic nitrogens is 2. The van der Waals surface area contributed by atoms with Crippen LogP contribution in [0.15, 0.2) is 54.9 Å². The lowest BCUT2D eigenvalue weighted by Crippen LogP contribution is -2.09. The summed E-state index contributed by atoms with van der Waals surface area (Å²) in [4.78, 5) is 22.6. The lowest BCUT2D eigenvalue weighted by Gasteiger charge is -2.02. The van der Waals surface area contributed by atoms with Gasteiger partial charge in [-0.1, -0.05) is 29.8 Å². The molecule has 0 atom stereocenters. The number of pyridine rings is 1. The van der Waals surface area contributed by atoms with E-state index < -0.39 is 11.9 Å². The molecular weight excluding hydrogens is 308 g/mol. The van der Waals surface area contributed by atoms with Gasteiger partial charge in [0.15, 0.2) is 0 Å². The van der Waals surface area contributed by atoms with Gasteiger partial charge >= 0.3 is 11.9 Å². The van der Waals surface area contributed by atoms with Gasteiger partial charge in [-0.25, -0.2) is 14.6 Å². The number of aliphatic carboxylic acids is 2. The molecule has 0 aliphatic heterocycles. The standard InChI is InChI=1S/C13H9ClN2.C2H2O4/c14-12-7-2-1-6-11(12)13-15-9-10-5-3-4-8-16(10)13;3-1(4)2(5)6/h1-9H;(H,3,4)(H,5,6). The van der Waals surface area contributed by atoms with Gasteiger partial charge in [-0.2, -0.15) is 0 Å². The van der Waals surface area contributed by atoms with Crippen LogP contribution in [-0.4, -0.2) is 31.5 Å². The van der Waals surface area contributed by atoms with Crippen LogP contribution in [0.2, 0.25) is 5.02 Å². The predicted molar refractivity (Wildman–Crippen MR) is 80.9 cm³/mol. The first-order chi connectivity index (χ1) is 10.5. The lowest BCUT2D eigenvalue weighted by atomic mass is 10.2. The van der Waals surface area contributed by atoms with Crippen LogP contribution in [0.5, 0.6) is 0 Å². The van der Waals surface area contributed by atoms with Crippen LogP contribution in [0, 0.1) is 0 Å². The highest BCUT2D eigenvalue weighted by atomic mass is 35.5. The smallest absolute Gasteiger partial charge is 0.414 e. The number of halogens is 1. The minimum atomic E-state index is -1.82. The summed E-state index contributed by atoms with van der Waals surface area (Å²) in [6, 6.07) is 13.7. The van der Waals surface area contributed by atoms with Crippen molar-refractivity contribution in [3.63, 3.8) is 0 Å². The molecular formula is C15H11ClN2O4. The number of carbonyl (C=O) groups is 2. The van der Waals surface area contributed by atoms with E-state index in [1.54, 1.807) is 0 Å². The molecule has 2 heterocycles. The number of rotatable bonds is 1. The second-order valence-corrected chi connectivity index (χ2v) is 4.57. The van der Waals surface area contributed by atoms with Gasteiger partial charge in [0.1, 0.15) is 5.82 Å². The second-order valence-electron chi connectivity index (χ2n) is 4.17. The molecule has 112 valence electrons. The Hall–Kier alpha value is -2.86. The van der Waals surface area contributed by atoms with Crippen LogP contribution >= 0.6 is 11.6 Å². The number of hydrogen-bond acceptors (Lipinski definition) is 3. The predicted octanol–water partition coefficient (Wildman–Crippen LogP) is 2.81. The molecule has 0 aliphatic carbocycles. The number of imidazole rings is 1. The van der Waals surface area contributed by atoms with Crippen LogP contribution in [-0.2, 0) is 9.59 Å². The molecule has 0 unspecified atom stereocenters. The second kappa shape index (κ2) is 6.73. The minimum Gasteiger partial charge on any atom is -0.473 e. The van der Waals surface area contributed by atoms with Gasteiger partial charge in [0.2, 0.25) is 0 Å². The van der Waals surface area contributed by atoms with Gasteiger partial charge in [-0.05, 0) is 24.3 Å². The van der Waals surface area contributed by atoms with Gasteiger partial charge in [0.05, 0.1) is 16.7 Å². The number of nitrogens with zero attached hydrogens (tertiary/aromatic N) is 2. The third kappa shape index (κ3) is 3.42. The summed E-state index contributed by atoms with van der Waals surface area (Å²) >= 11 is 6.16. The third-order valence-electron chi connectivity index (χ3n) is 2.74. The maximum atomic E-state index is 9.10. The van der Waals surface area contributed by atoms with E-state index in [0.717, 1.165) is 21.9 Å². The zero-order valence-electron chi connectivity index (χ0n) is 11.2. The van der Waals surface area contributed by atoms with Crippen LogP contribution < -0.4 is 0 Å². The summed E-state index contributed by atoms with van der Waals surface area (Å²) in [6.45, 7) is 0. The van der Waals surface area contributed by atoms with E-state index in [9.17, 15) is 0 Å². The highest BCUT2D eigenvalue weighted by molar-refractivity contribution is 6.33. The van der Waals surface area contributed by atoms with Gasteiger partial charge in [-0.15, -0.1) is 0 Å². The molecule has 0 aliphatic rings. The summed E-state index contributed by atoms with van der Waals surface area (Å²) in [5.41, 5.74) is 2.02. The molecule has 6 nitrogen and oxygen atoms in total. The van der Waals surface area contributed by atoms with Crippen molar-refractivity contribution in [1.82, 2.24) is 9.38 Å². The van der Waals surface area contributed by atoms with E-state index in [4.69, 9.17) is 31.4 Å². The quantitative estimate of drug-likeness (QED) is 0.673. The fourth-order valence-electron chi connectivity index (χ4n) is 1.79. The first kappa shape index (κ1) is 15.5. The molecule has 2 aromatic heterocycles. The molecule has 0 spiro atoms. The van der Waals surface area contributed by atoms with Crippen molar-refractivity contribution in [3.8, 4) is 11.4 Å². The zero-order chi connectivity index (χ0) is 16.1. The first-order valence-corrected chi connectivity index (χ1v) is 6.51. The normalized spacial score (nSPS) is 9.86. The Labute approximate surface area is 130 Å². The Kier molecular flexibility index (Phi) is 4.75. The highest BCUT2D eigenvalue weighted by Crippen LogP contribution is 2.26. The van der Waals surface area contributed by atoms with E-state index >= 15 is 0 Å². The molecule has 2 N–H and O–H groups in total. The largest absolute Gasteiger partial charge is 0.473 e. The van der Waals surface area contributed by atoms with Crippen molar-refractivity contribution in [1.29, 1.82) is 0 Å². The molecule has 1 aromatic carbocycles. The number of fused-ring (bicyclic) bond motifs is 1. The molecule has 3 aromatic rings. The summed E-state index contributed by atoms with van der Waals surface area (Å²) < 4.78 is 2.03. The average Bonchev–Trinajstić information content (AvgIpc) is 2.92. The van der Waals surface area contributed by atoms with Crippen LogP contribution in [0.3, 0.4) is 0 Å². The third-order valence-corrected chi connectivity index (χ3v) is 3.07. The number of carboxylic acids is 2. The van der Waals surface area contributed by atoms with Gasteiger partial charge in [0.25, 0.3) is 0 Å². The molecule has 0 amide bonds. The summed E-state index contributed by atoms with van der Waals surface area (Å²) in [6.07, 6.45) is 3.83. The Morgan fingerprint density at radius 1 is 1.00 bits per heavy atom. The van der Waals surface area contributed by atoms with E-state index in [-0.39, 0.29) is 0 Å². The molecule has 0 bridgehead atoms. The monoisotopic (exact) mass is 318 g/mol. The number of benzene rings is 1. The van der Waals surface area contributed by atoms with Crippen molar-refractivity contribution < 1.29 is 19.8 Å². The lowest BCUT2D eigenvalue weighted by molar-refractivity contribution is -0.159. The van der Waals surface area contributed by atoms with E-state index in [1.165, 1.54) is 0 Å². The molecule has 0 saturated heterocycles. The molecule has 7 heteroatoms. The fourth-order valence-corrected chi connectivity index (χ4v) is 2.01. The summed E-state index contributed by atoms with van der Waals surface area (Å²) in [5.74, 6) is -2.77. The summed E-state index contributed by atoms with van der Waals surface area (Å²) in [5, 5.41) is 15.5. The fraction of sp³-hybridized carbons (Fsp3) is 0. The topological polar surface area (TPSA) is 91.9 Å². The van der Waals surface area contributed by atoms with E-state index in [0.29, 0.717) is 0 Å². The minimum absolute atomic E-state index is 0.721. The van der Waals surface area contributed by atoms with Crippen molar-refractivity contribution in [2.75, 3.05) is 0 Å². The molecule has 22 heavy (non-hydrogen) atoms. The van der Waals surface area contributed by atoms with E-state index in [1.807, 2.05) is 59.3 Å². The molecule has 0 fully saturated rings.